The van der Waals surface area contributed by atoms with Crippen molar-refractivity contribution in [1.29, 1.82) is 0 Å². The van der Waals surface area contributed by atoms with Gasteiger partial charge in [-0.15, -0.1) is 0 Å². The van der Waals surface area contributed by atoms with Gasteiger partial charge in [-0.3, -0.25) is 0 Å². The minimum atomic E-state index is -1.51. The summed E-state index contributed by atoms with van der Waals surface area (Å²) in [5.41, 5.74) is 1.26. The molecule has 0 spiro atoms. The van der Waals surface area contributed by atoms with Crippen LogP contribution in [0.2, 0.25) is 19.1 Å². The number of unbranched alkanes of at least 4 members (excludes halogenated alkanes) is 1. The lowest BCUT2D eigenvalue weighted by molar-refractivity contribution is 0.542. The number of hydrogen-bond acceptors (Lipinski definition) is 1. The zero-order valence-corrected chi connectivity index (χ0v) is 11.8. The first-order valence-electron chi connectivity index (χ1n) is 6.14. The Hall–Kier alpha value is -0.763. The Balaban J connectivity index is 2.57. The highest BCUT2D eigenvalue weighted by Crippen LogP contribution is 2.21. The minimum absolute atomic E-state index is 0.844. The van der Waals surface area contributed by atoms with E-state index in [-0.39, 0.29) is 0 Å². The number of rotatable bonds is 6. The standard InChI is InChI=1S/C14H23OSi/c1-5-7-12-16(3,4)15-14-10-8-13(6-2)9-11-14/h8-11H,2,5-7,12H2,1,3-4H3. The molecule has 0 aromatic heterocycles. The van der Waals surface area contributed by atoms with Crippen LogP contribution in [0.5, 0.6) is 5.75 Å². The van der Waals surface area contributed by atoms with Crippen molar-refractivity contribution < 1.29 is 4.43 Å². The Labute approximate surface area is 101 Å². The molecule has 89 valence electrons. The van der Waals surface area contributed by atoms with E-state index < -0.39 is 8.32 Å². The van der Waals surface area contributed by atoms with Crippen molar-refractivity contribution in [1.82, 2.24) is 0 Å². The third-order valence-corrected chi connectivity index (χ3v) is 5.08. The largest absolute Gasteiger partial charge is 0.544 e. The molecular weight excluding hydrogens is 212 g/mol. The van der Waals surface area contributed by atoms with Crippen LogP contribution in [0.4, 0.5) is 0 Å². The molecule has 1 aromatic rings. The molecule has 0 aliphatic carbocycles. The quantitative estimate of drug-likeness (QED) is 0.662. The summed E-state index contributed by atoms with van der Waals surface area (Å²) in [4.78, 5) is 0. The van der Waals surface area contributed by atoms with Gasteiger partial charge in [0.15, 0.2) is 0 Å². The Morgan fingerprint density at radius 2 is 1.81 bits per heavy atom. The summed E-state index contributed by atoms with van der Waals surface area (Å²) >= 11 is 0. The maximum atomic E-state index is 6.12. The Kier molecular flexibility index (Phi) is 5.06. The van der Waals surface area contributed by atoms with Gasteiger partial charge in [-0.05, 0) is 50.2 Å². The first-order valence-corrected chi connectivity index (χ1v) is 9.26. The maximum Gasteiger partial charge on any atom is 0.245 e. The maximum absolute atomic E-state index is 6.12. The third-order valence-electron chi connectivity index (χ3n) is 2.74. The summed E-state index contributed by atoms with van der Waals surface area (Å²) in [5.74, 6) is 1.02. The highest BCUT2D eigenvalue weighted by Gasteiger charge is 2.23. The molecule has 1 nitrogen and oxygen atoms in total. The Morgan fingerprint density at radius 3 is 2.31 bits per heavy atom. The first-order chi connectivity index (χ1) is 7.57. The lowest BCUT2D eigenvalue weighted by atomic mass is 10.2. The molecule has 1 rings (SSSR count). The molecule has 0 heterocycles. The fraction of sp³-hybridized carbons (Fsp3) is 0.500. The molecule has 0 atom stereocenters. The van der Waals surface area contributed by atoms with Crippen molar-refractivity contribution in [2.24, 2.45) is 0 Å². The Morgan fingerprint density at radius 1 is 1.19 bits per heavy atom. The van der Waals surface area contributed by atoms with Crippen LogP contribution in [0.3, 0.4) is 0 Å². The molecular formula is C14H23OSi. The van der Waals surface area contributed by atoms with Crippen molar-refractivity contribution in [2.75, 3.05) is 0 Å². The average Bonchev–Trinajstić information content (AvgIpc) is 2.27. The molecule has 0 aliphatic heterocycles. The van der Waals surface area contributed by atoms with E-state index >= 15 is 0 Å². The van der Waals surface area contributed by atoms with E-state index in [4.69, 9.17) is 4.43 Å². The van der Waals surface area contributed by atoms with E-state index in [2.05, 4.69) is 51.2 Å². The predicted octanol–water partition coefficient (Wildman–Crippen LogP) is 4.45. The summed E-state index contributed by atoms with van der Waals surface area (Å²) in [6, 6.07) is 9.59. The van der Waals surface area contributed by atoms with Crippen molar-refractivity contribution in [3.05, 3.63) is 36.8 Å². The predicted molar refractivity (Wildman–Crippen MR) is 73.3 cm³/mol. The van der Waals surface area contributed by atoms with Gasteiger partial charge in [0.1, 0.15) is 5.75 Å². The van der Waals surface area contributed by atoms with Gasteiger partial charge in [-0.2, -0.15) is 0 Å². The second kappa shape index (κ2) is 6.09. The second-order valence-electron chi connectivity index (χ2n) is 4.86. The summed E-state index contributed by atoms with van der Waals surface area (Å²) < 4.78 is 6.12. The molecule has 0 amide bonds. The molecule has 16 heavy (non-hydrogen) atoms. The fourth-order valence-corrected chi connectivity index (χ4v) is 3.78. The van der Waals surface area contributed by atoms with Crippen LogP contribution in [0.1, 0.15) is 25.3 Å². The lowest BCUT2D eigenvalue weighted by Gasteiger charge is -2.24. The van der Waals surface area contributed by atoms with Crippen LogP contribution in [0, 0.1) is 6.92 Å². The monoisotopic (exact) mass is 235 g/mol. The topological polar surface area (TPSA) is 9.23 Å². The zero-order chi connectivity index (χ0) is 12.0. The van der Waals surface area contributed by atoms with Crippen molar-refractivity contribution in [2.45, 2.75) is 45.3 Å². The Bertz CT molecular complexity index is 303. The summed E-state index contributed by atoms with van der Waals surface area (Å²) in [6.45, 7) is 10.7. The normalized spacial score (nSPS) is 11.5. The van der Waals surface area contributed by atoms with Crippen LogP contribution in [-0.2, 0) is 6.42 Å². The van der Waals surface area contributed by atoms with Crippen molar-refractivity contribution in [3.63, 3.8) is 0 Å². The van der Waals surface area contributed by atoms with Gasteiger partial charge in [0.05, 0.1) is 0 Å². The van der Waals surface area contributed by atoms with Gasteiger partial charge in [0, 0.05) is 0 Å². The SMILES string of the molecule is [CH2]Cc1ccc(O[Si](C)(C)CCCC)cc1. The van der Waals surface area contributed by atoms with Crippen LogP contribution >= 0.6 is 0 Å². The van der Waals surface area contributed by atoms with E-state index in [0.29, 0.717) is 0 Å². The van der Waals surface area contributed by atoms with Gasteiger partial charge < -0.3 is 4.43 Å². The molecule has 0 saturated heterocycles. The van der Waals surface area contributed by atoms with Gasteiger partial charge >= 0.3 is 0 Å². The zero-order valence-electron chi connectivity index (χ0n) is 10.8. The van der Waals surface area contributed by atoms with Crippen LogP contribution in [0.25, 0.3) is 0 Å². The minimum Gasteiger partial charge on any atom is -0.544 e. The highest BCUT2D eigenvalue weighted by atomic mass is 28.4. The molecule has 1 aromatic carbocycles. The van der Waals surface area contributed by atoms with Gasteiger partial charge in [-0.25, -0.2) is 0 Å². The van der Waals surface area contributed by atoms with Gasteiger partial charge in [0.25, 0.3) is 0 Å². The fourth-order valence-electron chi connectivity index (χ4n) is 1.70. The molecule has 0 unspecified atom stereocenters. The molecule has 0 N–H and O–H groups in total. The van der Waals surface area contributed by atoms with Crippen molar-refractivity contribution in [3.8, 4) is 5.75 Å². The van der Waals surface area contributed by atoms with Gasteiger partial charge in [-0.1, -0.05) is 31.9 Å². The van der Waals surface area contributed by atoms with Crippen molar-refractivity contribution >= 4 is 8.32 Å². The van der Waals surface area contributed by atoms with E-state index in [1.165, 1.54) is 24.4 Å². The van der Waals surface area contributed by atoms with Crippen LogP contribution in [-0.4, -0.2) is 8.32 Å². The number of benzene rings is 1. The van der Waals surface area contributed by atoms with E-state index in [9.17, 15) is 0 Å². The van der Waals surface area contributed by atoms with E-state index in [1.54, 1.807) is 0 Å². The highest BCUT2D eigenvalue weighted by molar-refractivity contribution is 6.71. The van der Waals surface area contributed by atoms with E-state index in [1.807, 2.05) is 0 Å². The summed E-state index contributed by atoms with van der Waals surface area (Å²) in [6.07, 6.45) is 3.37. The lowest BCUT2D eigenvalue weighted by Crippen LogP contribution is -2.33. The third kappa shape index (κ3) is 4.39. The van der Waals surface area contributed by atoms with Crippen LogP contribution in [0.15, 0.2) is 24.3 Å². The molecule has 2 heteroatoms. The average molecular weight is 235 g/mol. The number of hydrogen-bond donors (Lipinski definition) is 0. The molecule has 0 aliphatic rings. The van der Waals surface area contributed by atoms with E-state index in [0.717, 1.165) is 12.2 Å². The molecule has 0 fully saturated rings. The van der Waals surface area contributed by atoms with Gasteiger partial charge in [0.2, 0.25) is 8.32 Å². The molecule has 1 radical (unpaired) electrons. The summed E-state index contributed by atoms with van der Waals surface area (Å²) in [5, 5.41) is 0. The second-order valence-corrected chi connectivity index (χ2v) is 9.08. The summed E-state index contributed by atoms with van der Waals surface area (Å²) in [7, 11) is -1.51. The van der Waals surface area contributed by atoms with Crippen LogP contribution < -0.4 is 4.43 Å². The first kappa shape index (κ1) is 13.3. The molecule has 0 bridgehead atoms. The smallest absolute Gasteiger partial charge is 0.245 e. The molecule has 0 saturated carbocycles.